The third kappa shape index (κ3) is 3.74. The number of hydrogen-bond acceptors (Lipinski definition) is 2. The van der Waals surface area contributed by atoms with Crippen molar-refractivity contribution in [2.75, 3.05) is 26.3 Å². The van der Waals surface area contributed by atoms with Crippen molar-refractivity contribution in [1.82, 2.24) is 5.32 Å². The van der Waals surface area contributed by atoms with Gasteiger partial charge in [-0.25, -0.2) is 0 Å². The van der Waals surface area contributed by atoms with E-state index in [2.05, 4.69) is 19.2 Å². The average Bonchev–Trinajstić information content (AvgIpc) is 2.03. The molecule has 1 fully saturated rings. The molecular weight excluding hydrogens is 174 g/mol. The maximum Gasteiger partial charge on any atom is 0.0531 e. The second-order valence-corrected chi connectivity index (χ2v) is 3.75. The molecule has 0 amide bonds. The fourth-order valence-corrected chi connectivity index (χ4v) is 1.56. The van der Waals surface area contributed by atoms with E-state index in [1.165, 1.54) is 12.8 Å². The maximum absolute atomic E-state index is 5.44. The largest absolute Gasteiger partial charge is 0.381 e. The van der Waals surface area contributed by atoms with Gasteiger partial charge in [-0.2, -0.15) is 0 Å². The molecule has 12 heavy (non-hydrogen) atoms. The first-order chi connectivity index (χ1) is 5.27. The van der Waals surface area contributed by atoms with Crippen LogP contribution < -0.4 is 5.32 Å². The van der Waals surface area contributed by atoms with E-state index in [9.17, 15) is 0 Å². The van der Waals surface area contributed by atoms with Crippen LogP contribution in [0, 0.1) is 5.41 Å². The molecule has 0 aromatic rings. The second-order valence-electron chi connectivity index (χ2n) is 3.75. The van der Waals surface area contributed by atoms with Crippen LogP contribution in [-0.4, -0.2) is 26.3 Å². The van der Waals surface area contributed by atoms with Crippen LogP contribution in [0.1, 0.15) is 26.7 Å². The summed E-state index contributed by atoms with van der Waals surface area (Å²) in [5, 5.41) is 3.38. The molecule has 0 aromatic heterocycles. The van der Waals surface area contributed by atoms with Gasteiger partial charge in [0, 0.05) is 18.6 Å². The van der Waals surface area contributed by atoms with Gasteiger partial charge in [0.25, 0.3) is 0 Å². The SMILES string of the molecule is CCNC[C@@]1(C)CCCOC1.Cl. The van der Waals surface area contributed by atoms with E-state index in [-0.39, 0.29) is 12.4 Å². The van der Waals surface area contributed by atoms with Crippen molar-refractivity contribution < 1.29 is 4.74 Å². The number of hydrogen-bond donors (Lipinski definition) is 1. The first-order valence-corrected chi connectivity index (χ1v) is 4.55. The van der Waals surface area contributed by atoms with Crippen molar-refractivity contribution in [3.8, 4) is 0 Å². The summed E-state index contributed by atoms with van der Waals surface area (Å²) in [6, 6.07) is 0. The minimum absolute atomic E-state index is 0. The highest BCUT2D eigenvalue weighted by molar-refractivity contribution is 5.85. The highest BCUT2D eigenvalue weighted by Gasteiger charge is 2.26. The van der Waals surface area contributed by atoms with Gasteiger partial charge in [0.15, 0.2) is 0 Å². The minimum Gasteiger partial charge on any atom is -0.381 e. The molecule has 0 saturated carbocycles. The van der Waals surface area contributed by atoms with Gasteiger partial charge in [-0.3, -0.25) is 0 Å². The Bertz CT molecular complexity index is 113. The summed E-state index contributed by atoms with van der Waals surface area (Å²) < 4.78 is 5.44. The average molecular weight is 194 g/mol. The van der Waals surface area contributed by atoms with Gasteiger partial charge in [-0.05, 0) is 19.4 Å². The number of nitrogens with one attached hydrogen (secondary N) is 1. The molecule has 1 saturated heterocycles. The zero-order valence-electron chi connectivity index (χ0n) is 8.06. The first-order valence-electron chi connectivity index (χ1n) is 4.55. The molecule has 2 nitrogen and oxygen atoms in total. The Labute approximate surface area is 81.5 Å². The summed E-state index contributed by atoms with van der Waals surface area (Å²) in [5.74, 6) is 0. The van der Waals surface area contributed by atoms with Gasteiger partial charge >= 0.3 is 0 Å². The van der Waals surface area contributed by atoms with Crippen LogP contribution in [0.15, 0.2) is 0 Å². The lowest BCUT2D eigenvalue weighted by molar-refractivity contribution is 0.00338. The van der Waals surface area contributed by atoms with Crippen LogP contribution in [-0.2, 0) is 4.74 Å². The van der Waals surface area contributed by atoms with Gasteiger partial charge in [0.05, 0.1) is 6.61 Å². The van der Waals surface area contributed by atoms with Crippen molar-refractivity contribution in [3.63, 3.8) is 0 Å². The Kier molecular flexibility index (Phi) is 5.89. The highest BCUT2D eigenvalue weighted by atomic mass is 35.5. The van der Waals surface area contributed by atoms with Crippen molar-refractivity contribution in [2.24, 2.45) is 5.41 Å². The monoisotopic (exact) mass is 193 g/mol. The normalized spacial score (nSPS) is 29.5. The summed E-state index contributed by atoms with van der Waals surface area (Å²) in [4.78, 5) is 0. The molecule has 1 rings (SSSR count). The van der Waals surface area contributed by atoms with E-state index >= 15 is 0 Å². The molecule has 1 N–H and O–H groups in total. The Balaban J connectivity index is 0.00000121. The molecule has 0 unspecified atom stereocenters. The third-order valence-corrected chi connectivity index (χ3v) is 2.32. The lowest BCUT2D eigenvalue weighted by Crippen LogP contribution is -2.38. The quantitative estimate of drug-likeness (QED) is 0.739. The molecular formula is C9H20ClNO. The molecule has 1 aliphatic heterocycles. The van der Waals surface area contributed by atoms with Crippen LogP contribution >= 0.6 is 12.4 Å². The fourth-order valence-electron chi connectivity index (χ4n) is 1.56. The van der Waals surface area contributed by atoms with Gasteiger partial charge in [-0.15, -0.1) is 12.4 Å². The number of ether oxygens (including phenoxy) is 1. The van der Waals surface area contributed by atoms with E-state index in [0.29, 0.717) is 5.41 Å². The second kappa shape index (κ2) is 5.79. The third-order valence-electron chi connectivity index (χ3n) is 2.32. The topological polar surface area (TPSA) is 21.3 Å². The molecule has 0 aromatic carbocycles. The molecule has 0 aliphatic carbocycles. The summed E-state index contributed by atoms with van der Waals surface area (Å²) in [6.07, 6.45) is 2.53. The van der Waals surface area contributed by atoms with Crippen LogP contribution in [0.25, 0.3) is 0 Å². The summed E-state index contributed by atoms with van der Waals surface area (Å²) in [7, 11) is 0. The van der Waals surface area contributed by atoms with E-state index in [1.807, 2.05) is 0 Å². The predicted molar refractivity (Wildman–Crippen MR) is 54.0 cm³/mol. The predicted octanol–water partition coefficient (Wildman–Crippen LogP) is 1.83. The summed E-state index contributed by atoms with van der Waals surface area (Å²) in [5.41, 5.74) is 0.397. The van der Waals surface area contributed by atoms with E-state index < -0.39 is 0 Å². The lowest BCUT2D eigenvalue weighted by Gasteiger charge is -2.33. The smallest absolute Gasteiger partial charge is 0.0531 e. The molecule has 1 atom stereocenters. The van der Waals surface area contributed by atoms with Crippen molar-refractivity contribution in [1.29, 1.82) is 0 Å². The van der Waals surface area contributed by atoms with Gasteiger partial charge in [0.2, 0.25) is 0 Å². The number of rotatable bonds is 3. The minimum atomic E-state index is 0. The summed E-state index contributed by atoms with van der Waals surface area (Å²) in [6.45, 7) is 8.50. The van der Waals surface area contributed by atoms with Crippen LogP contribution in [0.3, 0.4) is 0 Å². The van der Waals surface area contributed by atoms with Crippen LogP contribution in [0.2, 0.25) is 0 Å². The van der Waals surface area contributed by atoms with Gasteiger partial charge < -0.3 is 10.1 Å². The fraction of sp³-hybridized carbons (Fsp3) is 1.00. The van der Waals surface area contributed by atoms with Crippen molar-refractivity contribution in [3.05, 3.63) is 0 Å². The van der Waals surface area contributed by atoms with Gasteiger partial charge in [0.1, 0.15) is 0 Å². The lowest BCUT2D eigenvalue weighted by atomic mass is 9.85. The van der Waals surface area contributed by atoms with Crippen molar-refractivity contribution in [2.45, 2.75) is 26.7 Å². The maximum atomic E-state index is 5.44. The molecule has 1 heterocycles. The number of halogens is 1. The van der Waals surface area contributed by atoms with E-state index in [0.717, 1.165) is 26.3 Å². The molecule has 0 radical (unpaired) electrons. The Morgan fingerprint density at radius 1 is 1.50 bits per heavy atom. The van der Waals surface area contributed by atoms with E-state index in [1.54, 1.807) is 0 Å². The van der Waals surface area contributed by atoms with Crippen molar-refractivity contribution >= 4 is 12.4 Å². The zero-order chi connectivity index (χ0) is 8.16. The molecule has 74 valence electrons. The molecule has 0 spiro atoms. The Morgan fingerprint density at radius 3 is 2.75 bits per heavy atom. The molecule has 0 bridgehead atoms. The Hall–Kier alpha value is 0.210. The highest BCUT2D eigenvalue weighted by Crippen LogP contribution is 2.26. The Morgan fingerprint density at radius 2 is 2.25 bits per heavy atom. The van der Waals surface area contributed by atoms with E-state index in [4.69, 9.17) is 4.74 Å². The first kappa shape index (κ1) is 12.2. The standard InChI is InChI=1S/C9H19NO.ClH/c1-3-10-7-9(2)5-4-6-11-8-9;/h10H,3-8H2,1-2H3;1H/t9-;/m1./s1. The molecule has 1 aliphatic rings. The van der Waals surface area contributed by atoms with Gasteiger partial charge in [-0.1, -0.05) is 13.8 Å². The van der Waals surface area contributed by atoms with Crippen LogP contribution in [0.4, 0.5) is 0 Å². The molecule has 3 heteroatoms. The zero-order valence-corrected chi connectivity index (χ0v) is 8.88. The summed E-state index contributed by atoms with van der Waals surface area (Å²) >= 11 is 0. The van der Waals surface area contributed by atoms with Crippen LogP contribution in [0.5, 0.6) is 0 Å².